The number of hydrogen-bond donors (Lipinski definition) is 0. The van der Waals surface area contributed by atoms with E-state index in [0.29, 0.717) is 5.92 Å². The van der Waals surface area contributed by atoms with Crippen LogP contribution in [0.5, 0.6) is 0 Å². The highest BCUT2D eigenvalue weighted by atomic mass is 32.2. The number of aromatic nitrogens is 2. The number of fused-ring (bicyclic) bond motifs is 5. The summed E-state index contributed by atoms with van der Waals surface area (Å²) in [6, 6.07) is 11.3. The standard InChI is InChI=1S/C29H30N2S3/c1-8-32-22-11-9-18(14-21(22)29(5,6)7)26-25-19-10-12-23-24(20(13-16(2)3)17(4)33-23)27(19)34-28(25)31-15-30-26/h8-12,14-16H,1,13H2,2-7H3. The third-order valence-electron chi connectivity index (χ3n) is 6.27. The monoisotopic (exact) mass is 502 g/mol. The van der Waals surface area contributed by atoms with Gasteiger partial charge >= 0.3 is 0 Å². The summed E-state index contributed by atoms with van der Waals surface area (Å²) in [7, 11) is 0. The van der Waals surface area contributed by atoms with Crippen LogP contribution in [0, 0.1) is 12.8 Å². The fourth-order valence-corrected chi connectivity index (χ4v) is 7.96. The van der Waals surface area contributed by atoms with Crippen LogP contribution in [0.4, 0.5) is 0 Å². The van der Waals surface area contributed by atoms with Gasteiger partial charge in [0.2, 0.25) is 0 Å². The molecule has 0 atom stereocenters. The molecule has 0 fully saturated rings. The maximum absolute atomic E-state index is 4.83. The molecule has 0 aliphatic rings. The zero-order chi connectivity index (χ0) is 24.2. The summed E-state index contributed by atoms with van der Waals surface area (Å²) in [6.07, 6.45) is 2.83. The van der Waals surface area contributed by atoms with Gasteiger partial charge in [-0.05, 0) is 59.4 Å². The molecule has 2 aromatic carbocycles. The molecule has 0 saturated heterocycles. The van der Waals surface area contributed by atoms with Crippen LogP contribution in [-0.4, -0.2) is 9.97 Å². The van der Waals surface area contributed by atoms with Crippen molar-refractivity contribution in [2.24, 2.45) is 5.92 Å². The van der Waals surface area contributed by atoms with Gasteiger partial charge in [-0.2, -0.15) is 0 Å². The van der Waals surface area contributed by atoms with Gasteiger partial charge in [0.25, 0.3) is 0 Å². The highest BCUT2D eigenvalue weighted by Gasteiger charge is 2.22. The number of benzene rings is 2. The molecular weight excluding hydrogens is 473 g/mol. The molecule has 174 valence electrons. The minimum absolute atomic E-state index is 0.0241. The minimum Gasteiger partial charge on any atom is -0.236 e. The van der Waals surface area contributed by atoms with Gasteiger partial charge in [0.05, 0.1) is 5.69 Å². The second-order valence-corrected chi connectivity index (χ2v) is 13.6. The lowest BCUT2D eigenvalue weighted by molar-refractivity contribution is 0.578. The van der Waals surface area contributed by atoms with Crippen molar-refractivity contribution < 1.29 is 0 Å². The second kappa shape index (κ2) is 8.78. The molecule has 34 heavy (non-hydrogen) atoms. The van der Waals surface area contributed by atoms with Crippen molar-refractivity contribution in [3.05, 3.63) is 64.7 Å². The van der Waals surface area contributed by atoms with E-state index >= 15 is 0 Å². The molecule has 5 rings (SSSR count). The Morgan fingerprint density at radius 1 is 1.06 bits per heavy atom. The zero-order valence-corrected chi connectivity index (χ0v) is 23.1. The van der Waals surface area contributed by atoms with Gasteiger partial charge in [-0.3, -0.25) is 0 Å². The third-order valence-corrected chi connectivity index (χ3v) is 9.29. The summed E-state index contributed by atoms with van der Waals surface area (Å²) >= 11 is 5.42. The fraction of sp³-hybridized carbons (Fsp3) is 0.310. The van der Waals surface area contributed by atoms with E-state index in [0.717, 1.165) is 22.5 Å². The molecule has 2 nitrogen and oxygen atoms in total. The van der Waals surface area contributed by atoms with Crippen LogP contribution >= 0.6 is 34.4 Å². The van der Waals surface area contributed by atoms with Gasteiger partial charge < -0.3 is 0 Å². The summed E-state index contributed by atoms with van der Waals surface area (Å²) in [5.74, 6) is 0.624. The van der Waals surface area contributed by atoms with E-state index in [1.54, 1.807) is 18.1 Å². The average Bonchev–Trinajstić information content (AvgIpc) is 3.30. The molecule has 0 spiro atoms. The van der Waals surface area contributed by atoms with Crippen molar-refractivity contribution >= 4 is 64.8 Å². The van der Waals surface area contributed by atoms with Crippen molar-refractivity contribution in [2.75, 3.05) is 0 Å². The molecule has 0 amide bonds. The van der Waals surface area contributed by atoms with Gasteiger partial charge in [0, 0.05) is 40.9 Å². The van der Waals surface area contributed by atoms with E-state index in [9.17, 15) is 0 Å². The fourth-order valence-electron chi connectivity index (χ4n) is 4.76. The number of nitrogens with zero attached hydrogens (tertiary/aromatic N) is 2. The number of thioether (sulfide) groups is 1. The van der Waals surface area contributed by atoms with Gasteiger partial charge in [-0.25, -0.2) is 9.97 Å². The topological polar surface area (TPSA) is 25.8 Å². The molecule has 0 bridgehead atoms. The van der Waals surface area contributed by atoms with E-state index < -0.39 is 0 Å². The highest BCUT2D eigenvalue weighted by Crippen LogP contribution is 2.46. The molecule has 0 aliphatic carbocycles. The first-order valence-corrected chi connectivity index (χ1v) is 14.2. The van der Waals surface area contributed by atoms with Crippen LogP contribution in [0.1, 0.15) is 50.6 Å². The van der Waals surface area contributed by atoms with Gasteiger partial charge in [-0.15, -0.1) is 22.7 Å². The third kappa shape index (κ3) is 3.98. The first kappa shape index (κ1) is 23.5. The minimum atomic E-state index is 0.0241. The van der Waals surface area contributed by atoms with Crippen LogP contribution in [0.2, 0.25) is 0 Å². The zero-order valence-electron chi connectivity index (χ0n) is 20.7. The van der Waals surface area contributed by atoms with E-state index in [-0.39, 0.29) is 5.41 Å². The first-order chi connectivity index (χ1) is 16.2. The van der Waals surface area contributed by atoms with Crippen LogP contribution in [0.25, 0.3) is 41.6 Å². The number of hydrogen-bond acceptors (Lipinski definition) is 5. The molecule has 5 aromatic rings. The molecule has 0 radical (unpaired) electrons. The van der Waals surface area contributed by atoms with Crippen LogP contribution in [-0.2, 0) is 11.8 Å². The summed E-state index contributed by atoms with van der Waals surface area (Å²) in [5.41, 5.74) is 5.01. The Morgan fingerprint density at radius 2 is 1.85 bits per heavy atom. The van der Waals surface area contributed by atoms with Crippen LogP contribution in [0.15, 0.2) is 53.5 Å². The lowest BCUT2D eigenvalue weighted by Crippen LogP contribution is -2.12. The quantitative estimate of drug-likeness (QED) is 0.224. The van der Waals surface area contributed by atoms with E-state index in [4.69, 9.17) is 9.97 Å². The summed E-state index contributed by atoms with van der Waals surface area (Å²) < 4.78 is 2.73. The summed E-state index contributed by atoms with van der Waals surface area (Å²) in [4.78, 5) is 13.3. The van der Waals surface area contributed by atoms with Gasteiger partial charge in [0.15, 0.2) is 0 Å². The summed E-state index contributed by atoms with van der Waals surface area (Å²) in [5, 5.41) is 5.78. The lowest BCUT2D eigenvalue weighted by atomic mass is 9.85. The van der Waals surface area contributed by atoms with Gasteiger partial charge in [0.1, 0.15) is 11.2 Å². The van der Waals surface area contributed by atoms with Crippen molar-refractivity contribution in [3.8, 4) is 11.3 Å². The Kier molecular flexibility index (Phi) is 6.07. The molecule has 5 heteroatoms. The van der Waals surface area contributed by atoms with E-state index in [1.165, 1.54) is 46.5 Å². The molecule has 0 N–H and O–H groups in total. The highest BCUT2D eigenvalue weighted by molar-refractivity contribution is 8.02. The second-order valence-electron chi connectivity index (χ2n) is 10.3. The maximum Gasteiger partial charge on any atom is 0.128 e. The van der Waals surface area contributed by atoms with Crippen molar-refractivity contribution in [1.82, 2.24) is 9.97 Å². The Morgan fingerprint density at radius 3 is 2.56 bits per heavy atom. The molecule has 0 aliphatic heterocycles. The SMILES string of the molecule is C=CSc1ccc(-c2ncnc3sc4c(ccc5sc(C)c(CC(C)C)c54)c23)cc1C(C)(C)C. The van der Waals surface area contributed by atoms with Gasteiger partial charge in [-0.1, -0.05) is 65.1 Å². The molecule has 0 unspecified atom stereocenters. The van der Waals surface area contributed by atoms with Crippen molar-refractivity contribution in [3.63, 3.8) is 0 Å². The smallest absolute Gasteiger partial charge is 0.128 e. The number of thiophene rings is 2. The molecule has 3 heterocycles. The summed E-state index contributed by atoms with van der Waals surface area (Å²) in [6.45, 7) is 17.6. The average molecular weight is 503 g/mol. The predicted molar refractivity (Wildman–Crippen MR) is 154 cm³/mol. The van der Waals surface area contributed by atoms with Crippen molar-refractivity contribution in [1.29, 1.82) is 0 Å². The number of rotatable bonds is 5. The maximum atomic E-state index is 4.83. The van der Waals surface area contributed by atoms with Crippen molar-refractivity contribution in [2.45, 2.75) is 58.3 Å². The lowest BCUT2D eigenvalue weighted by Gasteiger charge is -2.23. The van der Waals surface area contributed by atoms with Crippen LogP contribution < -0.4 is 0 Å². The Balaban J connectivity index is 1.80. The predicted octanol–water partition coefficient (Wildman–Crippen LogP) is 9.77. The normalized spacial score (nSPS) is 12.4. The van der Waals surface area contributed by atoms with E-state index in [1.807, 2.05) is 28.1 Å². The van der Waals surface area contributed by atoms with E-state index in [2.05, 4.69) is 78.5 Å². The number of aryl methyl sites for hydroxylation is 1. The molecule has 3 aromatic heterocycles. The Hall–Kier alpha value is -2.21. The van der Waals surface area contributed by atoms with Crippen LogP contribution in [0.3, 0.4) is 0 Å². The molecule has 0 saturated carbocycles. The Labute approximate surface area is 214 Å². The molecular formula is C29H30N2S3. The Bertz CT molecular complexity index is 1550. The first-order valence-electron chi connectivity index (χ1n) is 11.7. The largest absolute Gasteiger partial charge is 0.236 e.